The monoisotopic (exact) mass is 250 g/mol. The second kappa shape index (κ2) is 5.11. The molecule has 2 rings (SSSR count). The first-order valence-corrected chi connectivity index (χ1v) is 5.98. The smallest absolute Gasteiger partial charge is 0.270 e. The predicted octanol–water partition coefficient (Wildman–Crippen LogP) is 2.23. The average molecular weight is 250 g/mol. The molecule has 0 unspecified atom stereocenters. The lowest BCUT2D eigenvalue weighted by molar-refractivity contribution is -0.384. The van der Waals surface area contributed by atoms with Crippen molar-refractivity contribution in [2.45, 2.75) is 5.03 Å². The molecule has 6 heteroatoms. The van der Waals surface area contributed by atoms with Gasteiger partial charge in [-0.1, -0.05) is 0 Å². The van der Waals surface area contributed by atoms with Crippen LogP contribution in [-0.4, -0.2) is 27.4 Å². The lowest BCUT2D eigenvalue weighted by Crippen LogP contribution is -1.90. The van der Waals surface area contributed by atoms with E-state index in [4.69, 9.17) is 5.11 Å². The van der Waals surface area contributed by atoms with Crippen LogP contribution in [0.15, 0.2) is 35.4 Å². The molecule has 1 aromatic heterocycles. The fourth-order valence-electron chi connectivity index (χ4n) is 1.44. The fraction of sp³-hybridized carbons (Fsp3) is 0.182. The zero-order valence-corrected chi connectivity index (χ0v) is 9.68. The molecule has 0 saturated carbocycles. The normalized spacial score (nSPS) is 10.6. The lowest BCUT2D eigenvalue weighted by atomic mass is 10.2. The van der Waals surface area contributed by atoms with Gasteiger partial charge in [-0.25, -0.2) is 4.98 Å². The summed E-state index contributed by atoms with van der Waals surface area (Å²) in [7, 11) is 0. The van der Waals surface area contributed by atoms with E-state index in [1.807, 2.05) is 0 Å². The van der Waals surface area contributed by atoms with E-state index in [1.165, 1.54) is 23.9 Å². The minimum atomic E-state index is -0.423. The van der Waals surface area contributed by atoms with Gasteiger partial charge in [-0.3, -0.25) is 10.1 Å². The van der Waals surface area contributed by atoms with E-state index in [9.17, 15) is 10.1 Å². The van der Waals surface area contributed by atoms with E-state index < -0.39 is 4.92 Å². The number of aliphatic hydroxyl groups excluding tert-OH is 1. The van der Waals surface area contributed by atoms with Gasteiger partial charge in [-0.2, -0.15) is 0 Å². The van der Waals surface area contributed by atoms with Gasteiger partial charge in [0.05, 0.1) is 22.1 Å². The number of benzene rings is 1. The number of nitrogens with zero attached hydrogens (tertiary/aromatic N) is 2. The molecule has 0 aliphatic heterocycles. The molecule has 1 N–H and O–H groups in total. The molecule has 0 atom stereocenters. The summed E-state index contributed by atoms with van der Waals surface area (Å²) in [4.78, 5) is 14.5. The summed E-state index contributed by atoms with van der Waals surface area (Å²) in [5.74, 6) is 0.589. The SMILES string of the molecule is O=[N+]([O-])c1ccc2nc(SCCO)ccc2c1. The molecule has 0 aliphatic carbocycles. The van der Waals surface area contributed by atoms with E-state index in [-0.39, 0.29) is 12.3 Å². The number of nitro benzene ring substituents is 1. The summed E-state index contributed by atoms with van der Waals surface area (Å²) < 4.78 is 0. The Morgan fingerprint density at radius 2 is 2.18 bits per heavy atom. The Morgan fingerprint density at radius 3 is 2.88 bits per heavy atom. The molecular weight excluding hydrogens is 240 g/mol. The van der Waals surface area contributed by atoms with E-state index in [1.54, 1.807) is 18.2 Å². The summed E-state index contributed by atoms with van der Waals surface area (Å²) in [5.41, 5.74) is 0.786. The van der Waals surface area contributed by atoms with Crippen LogP contribution in [0.4, 0.5) is 5.69 Å². The highest BCUT2D eigenvalue weighted by Gasteiger charge is 2.07. The Hall–Kier alpha value is -1.66. The maximum Gasteiger partial charge on any atom is 0.270 e. The van der Waals surface area contributed by atoms with Crippen LogP contribution in [0.25, 0.3) is 10.9 Å². The number of pyridine rings is 1. The molecule has 2 aromatic rings. The number of aliphatic hydroxyl groups is 1. The second-order valence-corrected chi connectivity index (χ2v) is 4.47. The number of nitro groups is 1. The summed E-state index contributed by atoms with van der Waals surface area (Å²) >= 11 is 1.45. The van der Waals surface area contributed by atoms with Crippen LogP contribution in [0.2, 0.25) is 0 Å². The topological polar surface area (TPSA) is 76.3 Å². The molecule has 17 heavy (non-hydrogen) atoms. The van der Waals surface area contributed by atoms with Crippen molar-refractivity contribution in [3.63, 3.8) is 0 Å². The summed E-state index contributed by atoms with van der Waals surface area (Å²) in [6.45, 7) is 0.102. The third-order valence-corrected chi connectivity index (χ3v) is 3.11. The first-order chi connectivity index (χ1) is 8.20. The molecule has 0 aliphatic rings. The van der Waals surface area contributed by atoms with Crippen molar-refractivity contribution >= 4 is 28.4 Å². The first-order valence-electron chi connectivity index (χ1n) is 4.99. The van der Waals surface area contributed by atoms with Crippen molar-refractivity contribution < 1.29 is 10.0 Å². The standard InChI is InChI=1S/C11H10N2O3S/c14-5-6-17-11-4-1-8-7-9(13(15)16)2-3-10(8)12-11/h1-4,7,14H,5-6H2. The number of rotatable bonds is 4. The third kappa shape index (κ3) is 2.72. The highest BCUT2D eigenvalue weighted by molar-refractivity contribution is 7.99. The van der Waals surface area contributed by atoms with Gasteiger partial charge in [0, 0.05) is 23.3 Å². The van der Waals surface area contributed by atoms with Crippen molar-refractivity contribution in [3.8, 4) is 0 Å². The number of aromatic nitrogens is 1. The molecule has 0 bridgehead atoms. The van der Waals surface area contributed by atoms with Gasteiger partial charge < -0.3 is 5.11 Å². The largest absolute Gasteiger partial charge is 0.396 e. The predicted molar refractivity (Wildman–Crippen MR) is 66.2 cm³/mol. The van der Waals surface area contributed by atoms with Gasteiger partial charge in [0.25, 0.3) is 5.69 Å². The van der Waals surface area contributed by atoms with Crippen molar-refractivity contribution in [3.05, 3.63) is 40.4 Å². The van der Waals surface area contributed by atoms with Gasteiger partial charge in [0.15, 0.2) is 0 Å². The van der Waals surface area contributed by atoms with Gasteiger partial charge in [0.2, 0.25) is 0 Å². The molecule has 1 heterocycles. The quantitative estimate of drug-likeness (QED) is 0.511. The Labute approximate surface area is 102 Å². The second-order valence-electron chi connectivity index (χ2n) is 3.36. The number of hydrogen-bond acceptors (Lipinski definition) is 5. The van der Waals surface area contributed by atoms with E-state index in [2.05, 4.69) is 4.98 Å². The van der Waals surface area contributed by atoms with Crippen LogP contribution in [0, 0.1) is 10.1 Å². The van der Waals surface area contributed by atoms with Gasteiger partial charge in [-0.15, -0.1) is 11.8 Å². The highest BCUT2D eigenvalue weighted by Crippen LogP contribution is 2.23. The van der Waals surface area contributed by atoms with Crippen LogP contribution in [0.1, 0.15) is 0 Å². The van der Waals surface area contributed by atoms with Crippen LogP contribution >= 0.6 is 11.8 Å². The molecule has 0 spiro atoms. The Kier molecular flexibility index (Phi) is 3.55. The lowest BCUT2D eigenvalue weighted by Gasteiger charge is -2.01. The highest BCUT2D eigenvalue weighted by atomic mass is 32.2. The minimum Gasteiger partial charge on any atom is -0.396 e. The van der Waals surface area contributed by atoms with Gasteiger partial charge in [-0.05, 0) is 18.2 Å². The van der Waals surface area contributed by atoms with Gasteiger partial charge >= 0.3 is 0 Å². The van der Waals surface area contributed by atoms with Crippen LogP contribution < -0.4 is 0 Å². The molecule has 5 nitrogen and oxygen atoms in total. The van der Waals surface area contributed by atoms with Gasteiger partial charge in [0.1, 0.15) is 0 Å². The molecule has 0 radical (unpaired) electrons. The average Bonchev–Trinajstić information content (AvgIpc) is 2.35. The maximum atomic E-state index is 10.6. The molecule has 88 valence electrons. The third-order valence-electron chi connectivity index (χ3n) is 2.20. The van der Waals surface area contributed by atoms with Crippen molar-refractivity contribution in [1.29, 1.82) is 0 Å². The van der Waals surface area contributed by atoms with E-state index >= 15 is 0 Å². The van der Waals surface area contributed by atoms with Crippen LogP contribution in [-0.2, 0) is 0 Å². The first kappa shape index (κ1) is 11.8. The Morgan fingerprint density at radius 1 is 1.35 bits per heavy atom. The van der Waals surface area contributed by atoms with E-state index in [0.717, 1.165) is 15.9 Å². The summed E-state index contributed by atoms with van der Waals surface area (Å²) in [6, 6.07) is 8.18. The van der Waals surface area contributed by atoms with Crippen molar-refractivity contribution in [2.24, 2.45) is 0 Å². The molecule has 0 saturated heterocycles. The molecule has 1 aromatic carbocycles. The minimum absolute atomic E-state index is 0.0649. The number of fused-ring (bicyclic) bond motifs is 1. The Bertz CT molecular complexity index is 559. The van der Waals surface area contributed by atoms with Crippen LogP contribution in [0.3, 0.4) is 0 Å². The number of non-ortho nitro benzene ring substituents is 1. The number of thioether (sulfide) groups is 1. The summed E-state index contributed by atoms with van der Waals surface area (Å²) in [5, 5.41) is 20.9. The van der Waals surface area contributed by atoms with Crippen LogP contribution in [0.5, 0.6) is 0 Å². The number of hydrogen-bond donors (Lipinski definition) is 1. The Balaban J connectivity index is 2.36. The van der Waals surface area contributed by atoms with E-state index in [0.29, 0.717) is 5.75 Å². The van der Waals surface area contributed by atoms with Crippen molar-refractivity contribution in [1.82, 2.24) is 4.98 Å². The summed E-state index contributed by atoms with van der Waals surface area (Å²) in [6.07, 6.45) is 0. The molecule has 0 fully saturated rings. The zero-order chi connectivity index (χ0) is 12.3. The zero-order valence-electron chi connectivity index (χ0n) is 8.87. The maximum absolute atomic E-state index is 10.6. The fourth-order valence-corrected chi connectivity index (χ4v) is 2.07. The molecular formula is C11H10N2O3S. The van der Waals surface area contributed by atoms with Crippen molar-refractivity contribution in [2.75, 3.05) is 12.4 Å². The molecule has 0 amide bonds.